The summed E-state index contributed by atoms with van der Waals surface area (Å²) < 4.78 is 5.06. The zero-order valence-electron chi connectivity index (χ0n) is 10.3. The third-order valence-corrected chi connectivity index (χ3v) is 3.02. The van der Waals surface area contributed by atoms with Crippen LogP contribution in [0.15, 0.2) is 5.11 Å². The minimum atomic E-state index is -0.185. The summed E-state index contributed by atoms with van der Waals surface area (Å²) in [5.74, 6) is 0.259. The summed E-state index contributed by atoms with van der Waals surface area (Å²) >= 11 is 0. The van der Waals surface area contributed by atoms with E-state index in [1.54, 1.807) is 0 Å². The van der Waals surface area contributed by atoms with Gasteiger partial charge in [-0.1, -0.05) is 11.5 Å². The molecule has 0 aliphatic heterocycles. The Balaban J connectivity index is 2.30. The smallest absolute Gasteiger partial charge is 0.323 e. The molecule has 0 amide bonds. The Morgan fingerprint density at radius 2 is 2.41 bits per heavy atom. The maximum Gasteiger partial charge on any atom is 0.323 e. The number of nitrogens with zero attached hydrogens (tertiary/aromatic N) is 3. The number of ether oxygens (including phenoxy) is 1. The first-order chi connectivity index (χ1) is 8.29. The Morgan fingerprint density at radius 3 is 2.94 bits per heavy atom. The number of nitrogens with one attached hydrogen (secondary N) is 1. The summed E-state index contributed by atoms with van der Waals surface area (Å²) in [6, 6.07) is -0.185. The van der Waals surface area contributed by atoms with Crippen molar-refractivity contribution in [2.24, 2.45) is 11.0 Å². The zero-order valence-corrected chi connectivity index (χ0v) is 10.3. The van der Waals surface area contributed by atoms with Gasteiger partial charge in [0.15, 0.2) is 0 Å². The number of hydrogen-bond acceptors (Lipinski definition) is 4. The lowest BCUT2D eigenvalue weighted by atomic mass is 9.79. The van der Waals surface area contributed by atoms with E-state index in [1.807, 2.05) is 6.92 Å². The van der Waals surface area contributed by atoms with Crippen LogP contribution in [0.3, 0.4) is 0 Å². The molecule has 0 radical (unpaired) electrons. The molecule has 1 rings (SSSR count). The van der Waals surface area contributed by atoms with Gasteiger partial charge in [-0.2, -0.15) is 0 Å². The third kappa shape index (κ3) is 4.63. The van der Waals surface area contributed by atoms with Crippen LogP contribution >= 0.6 is 0 Å². The van der Waals surface area contributed by atoms with Crippen LogP contribution in [-0.2, 0) is 9.53 Å². The fourth-order valence-electron chi connectivity index (χ4n) is 1.90. The highest BCUT2D eigenvalue weighted by molar-refractivity contribution is 5.76. The van der Waals surface area contributed by atoms with Gasteiger partial charge < -0.3 is 10.1 Å². The lowest BCUT2D eigenvalue weighted by Crippen LogP contribution is -2.46. The van der Waals surface area contributed by atoms with Crippen molar-refractivity contribution in [1.29, 1.82) is 0 Å². The standard InChI is InChI=1S/C11H20N4O2/c1-2-17-11(16)10(9-5-3-6-9)13-7-4-8-14-15-12/h9-10,13H,2-8H2,1H3. The van der Waals surface area contributed by atoms with Crippen molar-refractivity contribution in [3.63, 3.8) is 0 Å². The van der Waals surface area contributed by atoms with E-state index in [-0.39, 0.29) is 12.0 Å². The van der Waals surface area contributed by atoms with Crippen LogP contribution in [0.1, 0.15) is 32.6 Å². The minimum Gasteiger partial charge on any atom is -0.465 e. The zero-order chi connectivity index (χ0) is 12.5. The molecule has 1 atom stereocenters. The first-order valence-electron chi connectivity index (χ1n) is 6.20. The second kappa shape index (κ2) is 7.92. The van der Waals surface area contributed by atoms with Gasteiger partial charge in [-0.15, -0.1) is 0 Å². The summed E-state index contributed by atoms with van der Waals surface area (Å²) in [6.07, 6.45) is 4.12. The molecule has 17 heavy (non-hydrogen) atoms. The van der Waals surface area contributed by atoms with Crippen molar-refractivity contribution >= 4 is 5.97 Å². The molecule has 1 N–H and O–H groups in total. The predicted molar refractivity (Wildman–Crippen MR) is 64.4 cm³/mol. The molecule has 0 heterocycles. The first-order valence-corrected chi connectivity index (χ1v) is 6.20. The highest BCUT2D eigenvalue weighted by atomic mass is 16.5. The Hall–Kier alpha value is -1.26. The van der Waals surface area contributed by atoms with Crippen molar-refractivity contribution < 1.29 is 9.53 Å². The SMILES string of the molecule is CCOC(=O)C(NCCCN=[N+]=[N-])C1CCC1. The second-order valence-electron chi connectivity index (χ2n) is 4.18. The van der Waals surface area contributed by atoms with Crippen LogP contribution in [0.5, 0.6) is 0 Å². The van der Waals surface area contributed by atoms with Crippen molar-refractivity contribution in [3.05, 3.63) is 10.4 Å². The van der Waals surface area contributed by atoms with Crippen LogP contribution in [0.25, 0.3) is 10.4 Å². The van der Waals surface area contributed by atoms with Gasteiger partial charge in [0, 0.05) is 11.5 Å². The van der Waals surface area contributed by atoms with Gasteiger partial charge in [0.1, 0.15) is 6.04 Å². The molecular formula is C11H20N4O2. The molecule has 0 aromatic rings. The van der Waals surface area contributed by atoms with E-state index < -0.39 is 0 Å². The molecule has 6 heteroatoms. The molecule has 1 saturated carbocycles. The molecule has 1 aliphatic rings. The highest BCUT2D eigenvalue weighted by Gasteiger charge is 2.32. The molecule has 6 nitrogen and oxygen atoms in total. The summed E-state index contributed by atoms with van der Waals surface area (Å²) in [5.41, 5.74) is 8.13. The summed E-state index contributed by atoms with van der Waals surface area (Å²) in [6.45, 7) is 3.38. The minimum absolute atomic E-state index is 0.152. The largest absolute Gasteiger partial charge is 0.465 e. The summed E-state index contributed by atoms with van der Waals surface area (Å²) in [4.78, 5) is 14.4. The van der Waals surface area contributed by atoms with Crippen molar-refractivity contribution in [2.75, 3.05) is 19.7 Å². The number of hydrogen-bond donors (Lipinski definition) is 1. The van der Waals surface area contributed by atoms with Gasteiger partial charge in [-0.3, -0.25) is 4.79 Å². The van der Waals surface area contributed by atoms with Gasteiger partial charge in [-0.05, 0) is 44.2 Å². The maximum absolute atomic E-state index is 11.7. The van der Waals surface area contributed by atoms with E-state index in [0.29, 0.717) is 25.6 Å². The van der Waals surface area contributed by atoms with Gasteiger partial charge in [-0.25, -0.2) is 0 Å². The molecule has 0 spiro atoms. The van der Waals surface area contributed by atoms with Crippen LogP contribution in [0, 0.1) is 5.92 Å². The predicted octanol–water partition coefficient (Wildman–Crippen LogP) is 2.01. The monoisotopic (exact) mass is 240 g/mol. The lowest BCUT2D eigenvalue weighted by Gasteiger charge is -2.32. The van der Waals surface area contributed by atoms with Crippen molar-refractivity contribution in [2.45, 2.75) is 38.6 Å². The van der Waals surface area contributed by atoms with Crippen LogP contribution in [-0.4, -0.2) is 31.7 Å². The molecule has 1 aliphatic carbocycles. The van der Waals surface area contributed by atoms with Gasteiger partial charge in [0.2, 0.25) is 0 Å². The maximum atomic E-state index is 11.7. The number of carbonyl (C=O) groups is 1. The summed E-state index contributed by atoms with van der Waals surface area (Å²) in [7, 11) is 0. The fourth-order valence-corrected chi connectivity index (χ4v) is 1.90. The highest BCUT2D eigenvalue weighted by Crippen LogP contribution is 2.30. The number of carbonyl (C=O) groups excluding carboxylic acids is 1. The Labute approximate surface area is 101 Å². The average Bonchev–Trinajstić information content (AvgIpc) is 2.25. The summed E-state index contributed by atoms with van der Waals surface area (Å²) in [5, 5.41) is 6.66. The van der Waals surface area contributed by atoms with E-state index in [2.05, 4.69) is 15.3 Å². The third-order valence-electron chi connectivity index (χ3n) is 3.02. The molecule has 1 fully saturated rings. The van der Waals surface area contributed by atoms with E-state index in [1.165, 1.54) is 6.42 Å². The van der Waals surface area contributed by atoms with E-state index >= 15 is 0 Å². The number of esters is 1. The van der Waals surface area contributed by atoms with E-state index in [9.17, 15) is 4.79 Å². The Morgan fingerprint density at radius 1 is 1.65 bits per heavy atom. The van der Waals surface area contributed by atoms with Gasteiger partial charge in [0.05, 0.1) is 6.61 Å². The van der Waals surface area contributed by atoms with E-state index in [0.717, 1.165) is 19.3 Å². The quantitative estimate of drug-likeness (QED) is 0.231. The lowest BCUT2D eigenvalue weighted by molar-refractivity contribution is -0.148. The van der Waals surface area contributed by atoms with Crippen LogP contribution in [0.4, 0.5) is 0 Å². The number of rotatable bonds is 8. The number of azide groups is 1. The topological polar surface area (TPSA) is 87.1 Å². The molecule has 0 aromatic carbocycles. The van der Waals surface area contributed by atoms with Crippen LogP contribution in [0.2, 0.25) is 0 Å². The normalized spacial score (nSPS) is 16.8. The molecule has 0 bridgehead atoms. The Bertz CT molecular complexity index is 285. The van der Waals surface area contributed by atoms with Gasteiger partial charge in [0.25, 0.3) is 0 Å². The van der Waals surface area contributed by atoms with Crippen LogP contribution < -0.4 is 5.32 Å². The van der Waals surface area contributed by atoms with Crippen molar-refractivity contribution in [3.8, 4) is 0 Å². The molecule has 0 saturated heterocycles. The van der Waals surface area contributed by atoms with Gasteiger partial charge >= 0.3 is 5.97 Å². The molecule has 0 aromatic heterocycles. The first kappa shape index (κ1) is 13.8. The average molecular weight is 240 g/mol. The molecular weight excluding hydrogens is 220 g/mol. The Kier molecular flexibility index (Phi) is 6.43. The van der Waals surface area contributed by atoms with Crippen molar-refractivity contribution in [1.82, 2.24) is 5.32 Å². The molecule has 96 valence electrons. The fraction of sp³-hybridized carbons (Fsp3) is 0.909. The van der Waals surface area contributed by atoms with E-state index in [4.69, 9.17) is 10.3 Å². The second-order valence-corrected chi connectivity index (χ2v) is 4.18. The molecule has 1 unspecified atom stereocenters.